The molecule has 1 aromatic heterocycles. The Labute approximate surface area is 169 Å². The van der Waals surface area contributed by atoms with Crippen molar-refractivity contribution in [2.45, 2.75) is 18.4 Å². The number of aromatic nitrogens is 1. The summed E-state index contributed by atoms with van der Waals surface area (Å²) in [4.78, 5) is -0.240. The zero-order valence-electron chi connectivity index (χ0n) is 15.8. The number of sulfone groups is 1. The van der Waals surface area contributed by atoms with Gasteiger partial charge in [0.1, 0.15) is 6.07 Å². The number of rotatable bonds is 5. The molecule has 0 unspecified atom stereocenters. The lowest BCUT2D eigenvalue weighted by Crippen LogP contribution is -2.05. The van der Waals surface area contributed by atoms with Crippen molar-refractivity contribution >= 4 is 37.3 Å². The Balaban J connectivity index is 1.74. The predicted molar refractivity (Wildman–Crippen MR) is 116 cm³/mol. The van der Waals surface area contributed by atoms with Crippen LogP contribution in [0.25, 0.3) is 21.8 Å². The maximum atomic E-state index is 12.7. The number of allylic oxidation sites excluding steroid dienone is 1. The molecule has 0 fully saturated rings. The van der Waals surface area contributed by atoms with E-state index in [9.17, 15) is 13.7 Å². The van der Waals surface area contributed by atoms with E-state index in [1.807, 2.05) is 30.3 Å². The van der Waals surface area contributed by atoms with Gasteiger partial charge in [0, 0.05) is 40.2 Å². The molecular weight excluding hydrogens is 382 g/mol. The van der Waals surface area contributed by atoms with E-state index in [0.29, 0.717) is 5.69 Å². The summed E-state index contributed by atoms with van der Waals surface area (Å²) >= 11 is 0. The van der Waals surface area contributed by atoms with Gasteiger partial charge in [-0.1, -0.05) is 36.4 Å². The van der Waals surface area contributed by atoms with Gasteiger partial charge in [0.05, 0.1) is 4.90 Å². The topological polar surface area (TPSA) is 74.9 Å². The molecule has 0 saturated heterocycles. The number of para-hydroxylation sites is 1. The van der Waals surface area contributed by atoms with Crippen molar-refractivity contribution in [3.05, 3.63) is 83.9 Å². The number of fused-ring (bicyclic) bond motifs is 3. The first-order valence-electron chi connectivity index (χ1n) is 9.24. The number of nitrogens with one attached hydrogen (secondary N) is 1. The minimum atomic E-state index is -3.86. The van der Waals surface area contributed by atoms with Crippen molar-refractivity contribution in [1.29, 1.82) is 5.26 Å². The molecule has 0 saturated carbocycles. The van der Waals surface area contributed by atoms with Gasteiger partial charge < -0.3 is 9.88 Å². The number of anilines is 1. The molecular formula is C23H19N3O2S. The van der Waals surface area contributed by atoms with Gasteiger partial charge in [0.25, 0.3) is 0 Å². The molecule has 0 spiro atoms. The molecule has 4 aromatic rings. The van der Waals surface area contributed by atoms with Crippen LogP contribution in [0.4, 0.5) is 5.69 Å². The Morgan fingerprint density at radius 3 is 2.41 bits per heavy atom. The summed E-state index contributed by atoms with van der Waals surface area (Å²) in [5, 5.41) is 14.6. The van der Waals surface area contributed by atoms with Crippen molar-refractivity contribution < 1.29 is 8.42 Å². The van der Waals surface area contributed by atoms with Crippen LogP contribution in [0, 0.1) is 11.3 Å². The normalized spacial score (nSPS) is 12.2. The quantitative estimate of drug-likeness (QED) is 0.474. The molecule has 0 aliphatic carbocycles. The number of nitrogens with zero attached hydrogens (tertiary/aromatic N) is 2. The molecule has 0 radical (unpaired) electrons. The average molecular weight is 401 g/mol. The summed E-state index contributed by atoms with van der Waals surface area (Å²) in [7, 11) is -3.86. The van der Waals surface area contributed by atoms with Crippen LogP contribution in [-0.2, 0) is 16.4 Å². The first kappa shape index (κ1) is 18.8. The zero-order chi connectivity index (χ0) is 20.4. The Bertz CT molecular complexity index is 1380. The van der Waals surface area contributed by atoms with Gasteiger partial charge in [-0.25, -0.2) is 8.42 Å². The van der Waals surface area contributed by atoms with E-state index in [2.05, 4.69) is 28.9 Å². The molecule has 1 N–H and O–H groups in total. The van der Waals surface area contributed by atoms with Crippen LogP contribution >= 0.6 is 0 Å². The van der Waals surface area contributed by atoms with Crippen LogP contribution in [0.2, 0.25) is 0 Å². The van der Waals surface area contributed by atoms with Crippen molar-refractivity contribution in [3.8, 4) is 6.07 Å². The van der Waals surface area contributed by atoms with Gasteiger partial charge in [0.2, 0.25) is 9.84 Å². The van der Waals surface area contributed by atoms with Crippen LogP contribution in [0.1, 0.15) is 6.92 Å². The Hall–Kier alpha value is -3.56. The molecule has 0 aliphatic heterocycles. The van der Waals surface area contributed by atoms with E-state index in [4.69, 9.17) is 0 Å². The molecule has 0 atom stereocenters. The van der Waals surface area contributed by atoms with E-state index in [0.717, 1.165) is 28.4 Å². The molecule has 0 amide bonds. The van der Waals surface area contributed by atoms with Crippen LogP contribution in [-0.4, -0.2) is 13.0 Å². The minimum absolute atomic E-state index is 0.0936. The third-order valence-electron chi connectivity index (χ3n) is 4.91. The number of benzene rings is 3. The highest BCUT2D eigenvalue weighted by molar-refractivity contribution is 7.95. The van der Waals surface area contributed by atoms with Gasteiger partial charge >= 0.3 is 0 Å². The van der Waals surface area contributed by atoms with Gasteiger partial charge in [-0.15, -0.1) is 0 Å². The van der Waals surface area contributed by atoms with Crippen LogP contribution in [0.3, 0.4) is 0 Å². The first-order chi connectivity index (χ1) is 14.1. The van der Waals surface area contributed by atoms with Crippen LogP contribution in [0.15, 0.2) is 88.8 Å². The highest BCUT2D eigenvalue weighted by atomic mass is 32.2. The van der Waals surface area contributed by atoms with E-state index >= 15 is 0 Å². The van der Waals surface area contributed by atoms with Crippen molar-refractivity contribution in [2.75, 3.05) is 5.32 Å². The lowest BCUT2D eigenvalue weighted by Gasteiger charge is -2.06. The highest BCUT2D eigenvalue weighted by Crippen LogP contribution is 2.31. The van der Waals surface area contributed by atoms with E-state index in [1.165, 1.54) is 18.3 Å². The molecule has 1 heterocycles. The third-order valence-corrected chi connectivity index (χ3v) is 6.59. The number of nitriles is 1. The Morgan fingerprint density at radius 1 is 1.00 bits per heavy atom. The van der Waals surface area contributed by atoms with Gasteiger partial charge in [0.15, 0.2) is 4.91 Å². The van der Waals surface area contributed by atoms with E-state index in [-0.39, 0.29) is 9.80 Å². The third kappa shape index (κ3) is 3.26. The molecule has 5 nitrogen and oxygen atoms in total. The average Bonchev–Trinajstić information content (AvgIpc) is 3.07. The molecule has 0 aliphatic rings. The molecule has 0 bridgehead atoms. The monoisotopic (exact) mass is 401 g/mol. The second kappa shape index (κ2) is 7.46. The minimum Gasteiger partial charge on any atom is -0.360 e. The predicted octanol–water partition coefficient (Wildman–Crippen LogP) is 5.07. The lowest BCUT2D eigenvalue weighted by molar-refractivity contribution is 0.603. The fourth-order valence-corrected chi connectivity index (χ4v) is 4.63. The standard InChI is InChI=1S/C23H19N3O2S/c1-2-26-22-11-7-6-10-20(22)21-14-17(12-13-23(21)26)25-16-19(15-24)29(27,28)18-8-4-3-5-9-18/h3-14,16,25H,2H2,1H3. The zero-order valence-corrected chi connectivity index (χ0v) is 16.6. The summed E-state index contributed by atoms with van der Waals surface area (Å²) in [5.74, 6) is 0. The SMILES string of the molecule is CCn1c2ccccc2c2cc(NC=C(C#N)S(=O)(=O)c3ccccc3)ccc21. The summed E-state index contributed by atoms with van der Waals surface area (Å²) in [5.41, 5.74) is 2.98. The first-order valence-corrected chi connectivity index (χ1v) is 10.7. The maximum Gasteiger partial charge on any atom is 0.218 e. The second-order valence-electron chi connectivity index (χ2n) is 6.57. The Morgan fingerprint density at radius 2 is 1.69 bits per heavy atom. The van der Waals surface area contributed by atoms with Gasteiger partial charge in [-0.05, 0) is 43.3 Å². The van der Waals surface area contributed by atoms with E-state index < -0.39 is 9.84 Å². The number of aryl methyl sites for hydroxylation is 1. The smallest absolute Gasteiger partial charge is 0.218 e. The molecule has 144 valence electrons. The van der Waals surface area contributed by atoms with Gasteiger partial charge in [-0.3, -0.25) is 0 Å². The fraction of sp³-hybridized carbons (Fsp3) is 0.0870. The number of hydrogen-bond acceptors (Lipinski definition) is 4. The summed E-state index contributed by atoms with van der Waals surface area (Å²) < 4.78 is 27.6. The lowest BCUT2D eigenvalue weighted by atomic mass is 10.1. The highest BCUT2D eigenvalue weighted by Gasteiger charge is 2.20. The second-order valence-corrected chi connectivity index (χ2v) is 8.49. The van der Waals surface area contributed by atoms with E-state index in [1.54, 1.807) is 24.3 Å². The summed E-state index contributed by atoms with van der Waals surface area (Å²) in [6.45, 7) is 2.96. The fourth-order valence-electron chi connectivity index (χ4n) is 3.53. The van der Waals surface area contributed by atoms with Crippen molar-refractivity contribution in [1.82, 2.24) is 4.57 Å². The van der Waals surface area contributed by atoms with Crippen molar-refractivity contribution in [2.24, 2.45) is 0 Å². The summed E-state index contributed by atoms with van der Waals surface area (Å²) in [6, 6.07) is 23.8. The Kier molecular flexibility index (Phi) is 4.83. The van der Waals surface area contributed by atoms with Crippen LogP contribution in [0.5, 0.6) is 0 Å². The molecule has 29 heavy (non-hydrogen) atoms. The molecule has 4 rings (SSSR count). The molecule has 6 heteroatoms. The van der Waals surface area contributed by atoms with Gasteiger partial charge in [-0.2, -0.15) is 5.26 Å². The molecule has 3 aromatic carbocycles. The number of hydrogen-bond donors (Lipinski definition) is 1. The maximum absolute atomic E-state index is 12.7. The van der Waals surface area contributed by atoms with Crippen molar-refractivity contribution in [3.63, 3.8) is 0 Å². The summed E-state index contributed by atoms with van der Waals surface area (Å²) in [6.07, 6.45) is 1.25. The van der Waals surface area contributed by atoms with Crippen LogP contribution < -0.4 is 5.32 Å². The largest absolute Gasteiger partial charge is 0.360 e.